The number of methoxy groups -OCH3 is 1. The highest BCUT2D eigenvalue weighted by Gasteiger charge is 2.17. The lowest BCUT2D eigenvalue weighted by molar-refractivity contribution is 0.0589. The van der Waals surface area contributed by atoms with Crippen molar-refractivity contribution < 1.29 is 9.53 Å². The number of rotatable bonds is 3. The summed E-state index contributed by atoms with van der Waals surface area (Å²) >= 11 is 7.60. The quantitative estimate of drug-likeness (QED) is 0.666. The van der Waals surface area contributed by atoms with Gasteiger partial charge in [0, 0.05) is 16.4 Å². The number of esters is 1. The van der Waals surface area contributed by atoms with Gasteiger partial charge in [-0.15, -0.1) is 11.3 Å². The molecule has 0 fully saturated rings. The Morgan fingerprint density at radius 3 is 2.67 bits per heavy atom. The van der Waals surface area contributed by atoms with Crippen LogP contribution in [0.5, 0.6) is 0 Å². The van der Waals surface area contributed by atoms with Crippen molar-refractivity contribution in [2.24, 2.45) is 0 Å². The minimum Gasteiger partial charge on any atom is -0.464 e. The van der Waals surface area contributed by atoms with Crippen molar-refractivity contribution in [3.05, 3.63) is 57.6 Å². The monoisotopic (exact) mass is 319 g/mol. The molecular formula is C16H14ClNO2S. The fourth-order valence-electron chi connectivity index (χ4n) is 2.38. The molecular weight excluding hydrogens is 306 g/mol. The second kappa shape index (κ2) is 5.54. The van der Waals surface area contributed by atoms with Crippen LogP contribution in [0.25, 0.3) is 10.2 Å². The maximum atomic E-state index is 12.0. The summed E-state index contributed by atoms with van der Waals surface area (Å²) in [5, 5.41) is 0.705. The van der Waals surface area contributed by atoms with Crippen LogP contribution in [0.15, 0.2) is 36.4 Å². The molecule has 3 aromatic rings. The molecule has 3 rings (SSSR count). The zero-order chi connectivity index (χ0) is 15.0. The van der Waals surface area contributed by atoms with E-state index in [0.29, 0.717) is 17.3 Å². The van der Waals surface area contributed by atoms with Gasteiger partial charge in [-0.05, 0) is 36.8 Å². The highest BCUT2D eigenvalue weighted by molar-refractivity contribution is 7.19. The molecule has 0 aliphatic carbocycles. The van der Waals surface area contributed by atoms with Crippen molar-refractivity contribution in [3.8, 4) is 0 Å². The van der Waals surface area contributed by atoms with Gasteiger partial charge < -0.3 is 9.30 Å². The van der Waals surface area contributed by atoms with Crippen molar-refractivity contribution in [1.82, 2.24) is 4.57 Å². The first-order valence-electron chi connectivity index (χ1n) is 6.51. The van der Waals surface area contributed by atoms with Gasteiger partial charge in [0.2, 0.25) is 0 Å². The minimum atomic E-state index is -0.315. The molecule has 108 valence electrons. The number of nitrogens with zero attached hydrogens (tertiary/aromatic N) is 1. The smallest absolute Gasteiger partial charge is 0.354 e. The molecule has 2 aromatic heterocycles. The summed E-state index contributed by atoms with van der Waals surface area (Å²) in [6.45, 7) is 2.68. The number of aromatic nitrogens is 1. The Hall–Kier alpha value is -1.78. The molecule has 5 heteroatoms. The van der Waals surface area contributed by atoms with Crippen LogP contribution in [-0.4, -0.2) is 17.6 Å². The number of ether oxygens (including phenoxy) is 1. The number of fused-ring (bicyclic) bond motifs is 1. The maximum Gasteiger partial charge on any atom is 0.354 e. The van der Waals surface area contributed by atoms with Crippen molar-refractivity contribution in [2.75, 3.05) is 7.11 Å². The average molecular weight is 320 g/mol. The highest BCUT2D eigenvalue weighted by Crippen LogP contribution is 2.29. The molecule has 21 heavy (non-hydrogen) atoms. The second-order valence-electron chi connectivity index (χ2n) is 4.84. The van der Waals surface area contributed by atoms with Crippen LogP contribution in [0, 0.1) is 6.92 Å². The summed E-state index contributed by atoms with van der Waals surface area (Å²) in [4.78, 5) is 13.2. The molecule has 2 heterocycles. The van der Waals surface area contributed by atoms with Gasteiger partial charge in [0.15, 0.2) is 0 Å². The summed E-state index contributed by atoms with van der Waals surface area (Å²) in [6, 6.07) is 11.6. The Morgan fingerprint density at radius 1 is 1.29 bits per heavy atom. The molecule has 0 atom stereocenters. The largest absolute Gasteiger partial charge is 0.464 e. The third-order valence-corrected chi connectivity index (χ3v) is 4.60. The topological polar surface area (TPSA) is 31.2 Å². The van der Waals surface area contributed by atoms with Gasteiger partial charge in [-0.1, -0.05) is 23.7 Å². The molecule has 0 N–H and O–H groups in total. The number of aryl methyl sites for hydroxylation is 1. The summed E-state index contributed by atoms with van der Waals surface area (Å²) in [5.41, 5.74) is 2.73. The highest BCUT2D eigenvalue weighted by atomic mass is 35.5. The Morgan fingerprint density at radius 2 is 2.00 bits per heavy atom. The fourth-order valence-corrected chi connectivity index (χ4v) is 3.47. The number of thiophene rings is 1. The lowest BCUT2D eigenvalue weighted by Crippen LogP contribution is -2.11. The van der Waals surface area contributed by atoms with Crippen LogP contribution in [-0.2, 0) is 11.3 Å². The Labute approximate surface area is 131 Å². The molecule has 0 saturated carbocycles. The molecule has 0 bridgehead atoms. The Bertz CT molecular complexity index is 802. The third kappa shape index (κ3) is 2.69. The molecule has 0 amide bonds. The number of hydrogen-bond donors (Lipinski definition) is 0. The minimum absolute atomic E-state index is 0.315. The first kappa shape index (κ1) is 14.2. The summed E-state index contributed by atoms with van der Waals surface area (Å²) < 4.78 is 7.98. The van der Waals surface area contributed by atoms with Crippen LogP contribution in [0.1, 0.15) is 20.9 Å². The van der Waals surface area contributed by atoms with Crippen molar-refractivity contribution in [1.29, 1.82) is 0 Å². The van der Waals surface area contributed by atoms with E-state index in [0.717, 1.165) is 15.8 Å². The zero-order valence-electron chi connectivity index (χ0n) is 11.7. The van der Waals surface area contributed by atoms with Crippen molar-refractivity contribution >= 4 is 39.1 Å². The summed E-state index contributed by atoms with van der Waals surface area (Å²) in [7, 11) is 1.40. The van der Waals surface area contributed by atoms with Crippen molar-refractivity contribution in [3.63, 3.8) is 0 Å². The van der Waals surface area contributed by atoms with Gasteiger partial charge in [0.05, 0.1) is 17.3 Å². The lowest BCUT2D eigenvalue weighted by atomic mass is 10.2. The molecule has 0 unspecified atom stereocenters. The van der Waals surface area contributed by atoms with Gasteiger partial charge in [-0.2, -0.15) is 0 Å². The summed E-state index contributed by atoms with van der Waals surface area (Å²) in [6.07, 6.45) is 0. The van der Waals surface area contributed by atoms with Gasteiger partial charge in [0.1, 0.15) is 5.69 Å². The first-order valence-corrected chi connectivity index (χ1v) is 7.70. The molecule has 0 aliphatic rings. The van der Waals surface area contributed by atoms with E-state index in [1.54, 1.807) is 11.3 Å². The Kier molecular flexibility index (Phi) is 3.74. The molecule has 3 nitrogen and oxygen atoms in total. The van der Waals surface area contributed by atoms with E-state index in [1.165, 1.54) is 12.0 Å². The third-order valence-electron chi connectivity index (χ3n) is 3.36. The van der Waals surface area contributed by atoms with E-state index < -0.39 is 0 Å². The SMILES string of the molecule is COC(=O)c1cc2sc(C)cc2n1Cc1ccc(Cl)cc1. The van der Waals surface area contributed by atoms with Gasteiger partial charge >= 0.3 is 5.97 Å². The number of halogens is 1. The molecule has 0 radical (unpaired) electrons. The van der Waals surface area contributed by atoms with Gasteiger partial charge in [-0.25, -0.2) is 4.79 Å². The van der Waals surface area contributed by atoms with E-state index in [1.807, 2.05) is 34.9 Å². The maximum absolute atomic E-state index is 12.0. The van der Waals surface area contributed by atoms with Crippen LogP contribution in [0.4, 0.5) is 0 Å². The van der Waals surface area contributed by atoms with Crippen molar-refractivity contribution in [2.45, 2.75) is 13.5 Å². The molecule has 1 aromatic carbocycles. The average Bonchev–Trinajstić information content (AvgIpc) is 2.98. The van der Waals surface area contributed by atoms with E-state index in [-0.39, 0.29) is 5.97 Å². The standard InChI is InChI=1S/C16H14ClNO2S/c1-10-7-13-15(21-10)8-14(16(19)20-2)18(13)9-11-3-5-12(17)6-4-11/h3-8H,9H2,1-2H3. The predicted molar refractivity (Wildman–Crippen MR) is 86.4 cm³/mol. The van der Waals surface area contributed by atoms with E-state index >= 15 is 0 Å². The molecule has 0 saturated heterocycles. The predicted octanol–water partition coefficient (Wildman–Crippen LogP) is 4.50. The first-order chi connectivity index (χ1) is 10.1. The fraction of sp³-hybridized carbons (Fsp3) is 0.188. The normalized spacial score (nSPS) is 11.0. The zero-order valence-corrected chi connectivity index (χ0v) is 13.3. The van der Waals surface area contributed by atoms with Crippen LogP contribution in [0.2, 0.25) is 5.02 Å². The summed E-state index contributed by atoms with van der Waals surface area (Å²) in [5.74, 6) is -0.315. The molecule has 0 aliphatic heterocycles. The number of carbonyl (C=O) groups is 1. The van der Waals surface area contributed by atoms with Crippen LogP contribution in [0.3, 0.4) is 0 Å². The van der Waals surface area contributed by atoms with E-state index in [2.05, 4.69) is 13.0 Å². The second-order valence-corrected chi connectivity index (χ2v) is 6.56. The number of carbonyl (C=O) groups excluding carboxylic acids is 1. The number of benzene rings is 1. The van der Waals surface area contributed by atoms with Gasteiger partial charge in [-0.3, -0.25) is 0 Å². The van der Waals surface area contributed by atoms with E-state index in [9.17, 15) is 4.79 Å². The van der Waals surface area contributed by atoms with Crippen LogP contribution >= 0.6 is 22.9 Å². The Balaban J connectivity index is 2.09. The lowest BCUT2D eigenvalue weighted by Gasteiger charge is -2.09. The number of hydrogen-bond acceptors (Lipinski definition) is 3. The van der Waals surface area contributed by atoms with E-state index in [4.69, 9.17) is 16.3 Å². The van der Waals surface area contributed by atoms with Crippen LogP contribution < -0.4 is 0 Å². The molecule has 0 spiro atoms. The van der Waals surface area contributed by atoms with Gasteiger partial charge in [0.25, 0.3) is 0 Å².